The van der Waals surface area contributed by atoms with Crippen molar-refractivity contribution in [3.63, 3.8) is 0 Å². The summed E-state index contributed by atoms with van der Waals surface area (Å²) in [7, 11) is 5.52. The Kier molecular flexibility index (Phi) is 38.6. The number of carboxylic acids is 1. The molecule has 0 rings (SSSR count). The number of unbranched alkanes of at least 4 members (excludes halogenated alkanes) is 22. The summed E-state index contributed by atoms with van der Waals surface area (Å²) in [6, 6.07) is -0.617. The molecule has 0 aliphatic carbocycles. The Balaban J connectivity index is 4.33. The molecule has 0 saturated heterocycles. The number of likely N-dealkylation sites (N-methyl/N-ethyl adjacent to an activating group) is 1. The lowest BCUT2D eigenvalue weighted by Crippen LogP contribution is -2.50. The molecule has 0 spiro atoms. The molecule has 0 aliphatic rings. The number of hydrogen-bond donors (Lipinski definition) is 1. The normalized spacial score (nSPS) is 13.2. The van der Waals surface area contributed by atoms with Crippen LogP contribution in [0, 0.1) is 0 Å². The third-order valence-electron chi connectivity index (χ3n) is 10.5. The molecule has 0 amide bonds. The standard InChI is InChI=1S/C49H89NO7/c1-6-8-10-12-14-16-18-20-22-24-26-27-29-31-33-35-37-39-47(51)56-44-45(43-55-42-41-46(49(53)54)50(3,4)5)57-48(52)40-38-36-34-32-30-28-25-23-21-19-17-15-13-11-9-7-2/h17,19-20,22-23,25,45-46H,6-16,18,21,24,26-44H2,1-5H3/p+1/b19-17-,22-20-,25-23-. The molecule has 0 saturated carbocycles. The van der Waals surface area contributed by atoms with Crippen molar-refractivity contribution in [1.82, 2.24) is 0 Å². The Morgan fingerprint density at radius 3 is 1.39 bits per heavy atom. The maximum atomic E-state index is 12.7. The number of hydrogen-bond acceptors (Lipinski definition) is 6. The van der Waals surface area contributed by atoms with Gasteiger partial charge in [0.25, 0.3) is 0 Å². The summed E-state index contributed by atoms with van der Waals surface area (Å²) >= 11 is 0. The molecule has 0 aromatic rings. The van der Waals surface area contributed by atoms with Gasteiger partial charge in [-0.3, -0.25) is 9.59 Å². The second-order valence-electron chi connectivity index (χ2n) is 17.0. The molecule has 0 heterocycles. The first kappa shape index (κ1) is 54.6. The predicted octanol–water partition coefficient (Wildman–Crippen LogP) is 13.0. The topological polar surface area (TPSA) is 99.1 Å². The molecule has 57 heavy (non-hydrogen) atoms. The average molecular weight is 805 g/mol. The van der Waals surface area contributed by atoms with E-state index in [0.29, 0.717) is 19.3 Å². The molecule has 2 atom stereocenters. The molecule has 0 radical (unpaired) electrons. The molecule has 1 N–H and O–H groups in total. The van der Waals surface area contributed by atoms with Gasteiger partial charge >= 0.3 is 17.9 Å². The number of rotatable bonds is 42. The van der Waals surface area contributed by atoms with E-state index in [0.717, 1.165) is 64.2 Å². The van der Waals surface area contributed by atoms with Crippen LogP contribution in [0.4, 0.5) is 0 Å². The van der Waals surface area contributed by atoms with Gasteiger partial charge in [0.05, 0.1) is 34.4 Å². The predicted molar refractivity (Wildman–Crippen MR) is 238 cm³/mol. The van der Waals surface area contributed by atoms with Crippen LogP contribution in [0.25, 0.3) is 0 Å². The van der Waals surface area contributed by atoms with E-state index in [2.05, 4.69) is 50.3 Å². The van der Waals surface area contributed by atoms with E-state index in [4.69, 9.17) is 14.2 Å². The number of carbonyl (C=O) groups excluding carboxylic acids is 2. The molecule has 0 aromatic carbocycles. The average Bonchev–Trinajstić information content (AvgIpc) is 3.17. The van der Waals surface area contributed by atoms with E-state index < -0.39 is 18.1 Å². The zero-order chi connectivity index (χ0) is 42.1. The Morgan fingerprint density at radius 1 is 0.526 bits per heavy atom. The van der Waals surface area contributed by atoms with Crippen LogP contribution in [0.3, 0.4) is 0 Å². The number of nitrogens with zero attached hydrogens (tertiary/aromatic N) is 1. The van der Waals surface area contributed by atoms with Gasteiger partial charge in [-0.05, 0) is 70.6 Å². The molecule has 0 bridgehead atoms. The van der Waals surface area contributed by atoms with Gasteiger partial charge in [0, 0.05) is 19.3 Å². The number of allylic oxidation sites excluding steroid dienone is 6. The number of carbonyl (C=O) groups is 3. The van der Waals surface area contributed by atoms with Crippen LogP contribution in [0.2, 0.25) is 0 Å². The van der Waals surface area contributed by atoms with Gasteiger partial charge in [-0.25, -0.2) is 4.79 Å². The summed E-state index contributed by atoms with van der Waals surface area (Å²) in [4.78, 5) is 37.0. The van der Waals surface area contributed by atoms with Crippen LogP contribution in [-0.2, 0) is 28.6 Å². The van der Waals surface area contributed by atoms with E-state index in [-0.39, 0.29) is 36.2 Å². The lowest BCUT2D eigenvalue weighted by molar-refractivity contribution is -0.887. The lowest BCUT2D eigenvalue weighted by atomic mass is 10.1. The van der Waals surface area contributed by atoms with Crippen molar-refractivity contribution in [2.75, 3.05) is 41.0 Å². The van der Waals surface area contributed by atoms with Crippen molar-refractivity contribution in [1.29, 1.82) is 0 Å². The summed E-state index contributed by atoms with van der Waals surface area (Å²) in [5.41, 5.74) is 0. The largest absolute Gasteiger partial charge is 0.477 e. The van der Waals surface area contributed by atoms with Gasteiger partial charge in [-0.2, -0.15) is 0 Å². The maximum Gasteiger partial charge on any atom is 0.362 e. The fourth-order valence-corrected chi connectivity index (χ4v) is 6.82. The molecule has 8 heteroatoms. The van der Waals surface area contributed by atoms with E-state index in [1.54, 1.807) is 0 Å². The Morgan fingerprint density at radius 2 is 0.930 bits per heavy atom. The van der Waals surface area contributed by atoms with Crippen molar-refractivity contribution >= 4 is 17.9 Å². The summed E-state index contributed by atoms with van der Waals surface area (Å²) in [6.07, 6.45) is 46.1. The second kappa shape index (κ2) is 40.3. The number of ether oxygens (including phenoxy) is 3. The summed E-state index contributed by atoms with van der Waals surface area (Å²) in [5, 5.41) is 9.63. The van der Waals surface area contributed by atoms with Crippen molar-refractivity contribution < 1.29 is 38.2 Å². The molecule has 0 aliphatic heterocycles. The van der Waals surface area contributed by atoms with Crippen LogP contribution in [0.1, 0.15) is 206 Å². The zero-order valence-electron chi connectivity index (χ0n) is 37.8. The third-order valence-corrected chi connectivity index (χ3v) is 10.5. The van der Waals surface area contributed by atoms with E-state index >= 15 is 0 Å². The first-order chi connectivity index (χ1) is 27.6. The van der Waals surface area contributed by atoms with Crippen LogP contribution in [0.5, 0.6) is 0 Å². The van der Waals surface area contributed by atoms with Crippen molar-refractivity contribution in [3.05, 3.63) is 36.5 Å². The van der Waals surface area contributed by atoms with Gasteiger partial charge in [0.2, 0.25) is 0 Å². The summed E-state index contributed by atoms with van der Waals surface area (Å²) in [6.45, 7) is 4.71. The number of quaternary nitrogens is 1. The third kappa shape index (κ3) is 38.8. The minimum Gasteiger partial charge on any atom is -0.477 e. The summed E-state index contributed by atoms with van der Waals surface area (Å²) < 4.78 is 17.3. The smallest absolute Gasteiger partial charge is 0.362 e. The number of aliphatic carboxylic acids is 1. The fraction of sp³-hybridized carbons (Fsp3) is 0.816. The van der Waals surface area contributed by atoms with Gasteiger partial charge < -0.3 is 23.8 Å². The molecule has 2 unspecified atom stereocenters. The quantitative estimate of drug-likeness (QED) is 0.0284. The first-order valence-electron chi connectivity index (χ1n) is 23.5. The SMILES string of the molecule is CCCCCC/C=C\C/C=C\CCCCCCCC(=O)OC(COCCC(C(=O)O)[N+](C)(C)C)COC(=O)CCCCCCCCC/C=C\CCCCCCCC. The van der Waals surface area contributed by atoms with E-state index in [1.807, 2.05) is 21.1 Å². The lowest BCUT2D eigenvalue weighted by Gasteiger charge is -2.31. The van der Waals surface area contributed by atoms with Crippen LogP contribution < -0.4 is 0 Å². The van der Waals surface area contributed by atoms with Crippen molar-refractivity contribution in [3.8, 4) is 0 Å². The van der Waals surface area contributed by atoms with Gasteiger partial charge in [-0.15, -0.1) is 0 Å². The van der Waals surface area contributed by atoms with Crippen LogP contribution in [0.15, 0.2) is 36.5 Å². The first-order valence-corrected chi connectivity index (χ1v) is 23.5. The number of carboxylic acid groups (broad SMARTS) is 1. The minimum absolute atomic E-state index is 0.0552. The second-order valence-corrected chi connectivity index (χ2v) is 17.0. The minimum atomic E-state index is -0.877. The molecule has 332 valence electrons. The summed E-state index contributed by atoms with van der Waals surface area (Å²) in [5.74, 6) is -1.48. The highest BCUT2D eigenvalue weighted by Gasteiger charge is 2.31. The Hall–Kier alpha value is -2.45. The highest BCUT2D eigenvalue weighted by molar-refractivity contribution is 5.72. The maximum absolute atomic E-state index is 12.7. The molecule has 0 aromatic heterocycles. The van der Waals surface area contributed by atoms with Crippen LogP contribution in [-0.4, -0.2) is 80.6 Å². The molecule has 8 nitrogen and oxygen atoms in total. The van der Waals surface area contributed by atoms with E-state index in [1.165, 1.54) is 109 Å². The van der Waals surface area contributed by atoms with Gasteiger partial charge in [0.1, 0.15) is 6.61 Å². The van der Waals surface area contributed by atoms with Gasteiger partial charge in [0.15, 0.2) is 12.1 Å². The highest BCUT2D eigenvalue weighted by Crippen LogP contribution is 2.14. The van der Waals surface area contributed by atoms with Gasteiger partial charge in [-0.1, -0.05) is 153 Å². The zero-order valence-corrected chi connectivity index (χ0v) is 37.8. The Bertz CT molecular complexity index is 1030. The number of esters is 2. The van der Waals surface area contributed by atoms with Crippen LogP contribution >= 0.6 is 0 Å². The molecule has 0 fully saturated rings. The monoisotopic (exact) mass is 805 g/mol. The molecular formula is C49H90NO7+. The van der Waals surface area contributed by atoms with Crippen molar-refractivity contribution in [2.24, 2.45) is 0 Å². The molecular weight excluding hydrogens is 715 g/mol. The highest BCUT2D eigenvalue weighted by atomic mass is 16.6. The van der Waals surface area contributed by atoms with Crippen molar-refractivity contribution in [2.45, 2.75) is 219 Å². The van der Waals surface area contributed by atoms with E-state index in [9.17, 15) is 19.5 Å². The Labute approximate surface area is 351 Å². The fourth-order valence-electron chi connectivity index (χ4n) is 6.82.